The van der Waals surface area contributed by atoms with E-state index in [1.807, 2.05) is 6.92 Å². The molecule has 0 aliphatic heterocycles. The predicted molar refractivity (Wildman–Crippen MR) is 67.1 cm³/mol. The minimum atomic E-state index is -2.91. The van der Waals surface area contributed by atoms with Crippen LogP contribution < -0.4 is 5.32 Å². The third kappa shape index (κ3) is 5.28. The van der Waals surface area contributed by atoms with Crippen molar-refractivity contribution in [2.75, 3.05) is 18.6 Å². The van der Waals surface area contributed by atoms with Crippen LogP contribution in [0.15, 0.2) is 24.3 Å². The Morgan fingerprint density at radius 2 is 2.00 bits per heavy atom. The van der Waals surface area contributed by atoms with Crippen LogP contribution in [0.3, 0.4) is 0 Å². The van der Waals surface area contributed by atoms with Crippen LogP contribution in [0.1, 0.15) is 24.9 Å². The van der Waals surface area contributed by atoms with Crippen LogP contribution in [0, 0.1) is 5.82 Å². The molecule has 0 amide bonds. The summed E-state index contributed by atoms with van der Waals surface area (Å²) in [5.41, 5.74) is 0.604. The highest BCUT2D eigenvalue weighted by molar-refractivity contribution is 7.90. The van der Waals surface area contributed by atoms with E-state index in [-0.39, 0.29) is 17.6 Å². The van der Waals surface area contributed by atoms with Gasteiger partial charge >= 0.3 is 0 Å². The molecule has 0 bridgehead atoms. The molecule has 1 rings (SSSR count). The summed E-state index contributed by atoms with van der Waals surface area (Å²) in [4.78, 5) is 0. The normalized spacial score (nSPS) is 13.6. The molecule has 1 atom stereocenters. The molecule has 0 fully saturated rings. The van der Waals surface area contributed by atoms with E-state index in [1.54, 1.807) is 18.2 Å². The maximum Gasteiger partial charge on any atom is 0.147 e. The lowest BCUT2D eigenvalue weighted by Crippen LogP contribution is -2.22. The van der Waals surface area contributed by atoms with Gasteiger partial charge in [0.2, 0.25) is 0 Å². The molecule has 1 aromatic carbocycles. The molecule has 0 radical (unpaired) electrons. The monoisotopic (exact) mass is 259 g/mol. The van der Waals surface area contributed by atoms with E-state index in [0.717, 1.165) is 0 Å². The van der Waals surface area contributed by atoms with E-state index < -0.39 is 9.84 Å². The molecule has 0 aromatic heterocycles. The molecule has 0 saturated carbocycles. The molecule has 3 nitrogen and oxygen atoms in total. The first-order valence-corrected chi connectivity index (χ1v) is 7.62. The summed E-state index contributed by atoms with van der Waals surface area (Å²) in [5.74, 6) is -0.0834. The highest BCUT2D eigenvalue weighted by Crippen LogP contribution is 2.15. The fourth-order valence-electron chi connectivity index (χ4n) is 1.59. The van der Waals surface area contributed by atoms with Crippen molar-refractivity contribution in [2.24, 2.45) is 0 Å². The smallest absolute Gasteiger partial charge is 0.147 e. The van der Waals surface area contributed by atoms with E-state index in [0.29, 0.717) is 18.5 Å². The Balaban J connectivity index is 2.41. The van der Waals surface area contributed by atoms with Gasteiger partial charge in [0.1, 0.15) is 15.7 Å². The minimum absolute atomic E-state index is 0.115. The van der Waals surface area contributed by atoms with Gasteiger partial charge in [0.15, 0.2) is 0 Å². The van der Waals surface area contributed by atoms with Crippen molar-refractivity contribution in [1.29, 1.82) is 0 Å². The number of nitrogens with one attached hydrogen (secondary N) is 1. The van der Waals surface area contributed by atoms with E-state index in [9.17, 15) is 12.8 Å². The number of rotatable bonds is 6. The predicted octanol–water partition coefficient (Wildman–Crippen LogP) is 1.91. The van der Waals surface area contributed by atoms with Crippen molar-refractivity contribution in [1.82, 2.24) is 5.32 Å². The zero-order chi connectivity index (χ0) is 12.9. The molecule has 0 saturated heterocycles. The molecule has 96 valence electrons. The van der Waals surface area contributed by atoms with Crippen molar-refractivity contribution < 1.29 is 12.8 Å². The van der Waals surface area contributed by atoms with Crippen LogP contribution in [0.4, 0.5) is 4.39 Å². The zero-order valence-corrected chi connectivity index (χ0v) is 10.9. The first-order valence-electron chi connectivity index (χ1n) is 5.55. The molecule has 0 aliphatic carbocycles. The summed E-state index contributed by atoms with van der Waals surface area (Å²) in [5, 5.41) is 3.11. The molecule has 1 unspecified atom stereocenters. The highest BCUT2D eigenvalue weighted by atomic mass is 32.2. The molecule has 0 spiro atoms. The number of sulfone groups is 1. The Morgan fingerprint density at radius 1 is 1.35 bits per heavy atom. The first kappa shape index (κ1) is 14.1. The van der Waals surface area contributed by atoms with Crippen LogP contribution in [-0.2, 0) is 9.84 Å². The summed E-state index contributed by atoms with van der Waals surface area (Å²) >= 11 is 0. The second kappa shape index (κ2) is 6.12. The topological polar surface area (TPSA) is 46.2 Å². The number of hydrogen-bond acceptors (Lipinski definition) is 3. The average molecular weight is 259 g/mol. The second-order valence-corrected chi connectivity index (χ2v) is 6.44. The fraction of sp³-hybridized carbons (Fsp3) is 0.500. The third-order valence-electron chi connectivity index (χ3n) is 2.51. The van der Waals surface area contributed by atoms with Crippen molar-refractivity contribution in [3.8, 4) is 0 Å². The molecule has 0 aliphatic rings. The summed E-state index contributed by atoms with van der Waals surface area (Å²) in [6.45, 7) is 2.42. The SMILES string of the molecule is CC(NCCCS(C)(=O)=O)c1ccccc1F. The summed E-state index contributed by atoms with van der Waals surface area (Å²) in [7, 11) is -2.91. The van der Waals surface area contributed by atoms with E-state index in [4.69, 9.17) is 0 Å². The summed E-state index contributed by atoms with van der Waals surface area (Å²) in [6.07, 6.45) is 1.75. The van der Waals surface area contributed by atoms with Gasteiger partial charge in [-0.1, -0.05) is 18.2 Å². The molecule has 17 heavy (non-hydrogen) atoms. The lowest BCUT2D eigenvalue weighted by molar-refractivity contribution is 0.525. The number of halogens is 1. The first-order chi connectivity index (χ1) is 7.90. The average Bonchev–Trinajstić information content (AvgIpc) is 2.23. The quantitative estimate of drug-likeness (QED) is 0.794. The van der Waals surface area contributed by atoms with Crippen molar-refractivity contribution >= 4 is 9.84 Å². The van der Waals surface area contributed by atoms with E-state index in [2.05, 4.69) is 5.32 Å². The maximum absolute atomic E-state index is 13.4. The van der Waals surface area contributed by atoms with Gasteiger partial charge in [-0.05, 0) is 26.0 Å². The Morgan fingerprint density at radius 3 is 2.59 bits per heavy atom. The second-order valence-electron chi connectivity index (χ2n) is 4.18. The highest BCUT2D eigenvalue weighted by Gasteiger charge is 2.09. The number of hydrogen-bond donors (Lipinski definition) is 1. The molecular formula is C12H18FNO2S. The van der Waals surface area contributed by atoms with Gasteiger partial charge in [0.05, 0.1) is 5.75 Å². The molecule has 1 aromatic rings. The van der Waals surface area contributed by atoms with E-state index in [1.165, 1.54) is 12.3 Å². The molecular weight excluding hydrogens is 241 g/mol. The van der Waals surface area contributed by atoms with Gasteiger partial charge in [-0.15, -0.1) is 0 Å². The van der Waals surface area contributed by atoms with Crippen molar-refractivity contribution in [3.05, 3.63) is 35.6 Å². The van der Waals surface area contributed by atoms with Gasteiger partial charge < -0.3 is 5.32 Å². The molecule has 0 heterocycles. The maximum atomic E-state index is 13.4. The van der Waals surface area contributed by atoms with Gasteiger partial charge in [0, 0.05) is 17.9 Å². The largest absolute Gasteiger partial charge is 0.310 e. The van der Waals surface area contributed by atoms with Crippen molar-refractivity contribution in [2.45, 2.75) is 19.4 Å². The minimum Gasteiger partial charge on any atom is -0.310 e. The van der Waals surface area contributed by atoms with Crippen molar-refractivity contribution in [3.63, 3.8) is 0 Å². The van der Waals surface area contributed by atoms with Gasteiger partial charge in [-0.2, -0.15) is 0 Å². The fourth-order valence-corrected chi connectivity index (χ4v) is 2.26. The molecule has 1 N–H and O–H groups in total. The summed E-state index contributed by atoms with van der Waals surface area (Å²) < 4.78 is 35.2. The Hall–Kier alpha value is -0.940. The zero-order valence-electron chi connectivity index (χ0n) is 10.1. The Labute approximate surface area is 102 Å². The van der Waals surface area contributed by atoms with Gasteiger partial charge in [-0.25, -0.2) is 12.8 Å². The van der Waals surface area contributed by atoms with Crippen LogP contribution >= 0.6 is 0 Å². The van der Waals surface area contributed by atoms with Crippen LogP contribution in [0.5, 0.6) is 0 Å². The Kier molecular flexibility index (Phi) is 5.08. The van der Waals surface area contributed by atoms with Crippen LogP contribution in [0.2, 0.25) is 0 Å². The summed E-state index contributed by atoms with van der Waals surface area (Å²) in [6, 6.07) is 6.46. The standard InChI is InChI=1S/C12H18FNO2S/c1-10(11-6-3-4-7-12(11)13)14-8-5-9-17(2,15)16/h3-4,6-7,10,14H,5,8-9H2,1-2H3. The Bertz CT molecular complexity index is 459. The van der Waals surface area contributed by atoms with Crippen LogP contribution in [-0.4, -0.2) is 27.0 Å². The number of benzene rings is 1. The van der Waals surface area contributed by atoms with Gasteiger partial charge in [0.25, 0.3) is 0 Å². The van der Waals surface area contributed by atoms with Gasteiger partial charge in [-0.3, -0.25) is 0 Å². The van der Waals surface area contributed by atoms with E-state index >= 15 is 0 Å². The lowest BCUT2D eigenvalue weighted by atomic mass is 10.1. The molecule has 5 heteroatoms. The lowest BCUT2D eigenvalue weighted by Gasteiger charge is -2.14. The third-order valence-corrected chi connectivity index (χ3v) is 3.54. The van der Waals surface area contributed by atoms with Crippen LogP contribution in [0.25, 0.3) is 0 Å².